The van der Waals surface area contributed by atoms with Gasteiger partial charge < -0.3 is 0 Å². The van der Waals surface area contributed by atoms with E-state index in [0.717, 1.165) is 48.5 Å². The molecule has 3 rings (SSSR count). The lowest BCUT2D eigenvalue weighted by molar-refractivity contribution is 0.102. The minimum atomic E-state index is -3.32. The van der Waals surface area contributed by atoms with Crippen LogP contribution < -0.4 is 4.72 Å². The summed E-state index contributed by atoms with van der Waals surface area (Å²) in [5.74, 6) is 0.443. The van der Waals surface area contributed by atoms with Crippen LogP contribution in [0.3, 0.4) is 0 Å². The van der Waals surface area contributed by atoms with Gasteiger partial charge in [0.15, 0.2) is 5.78 Å². The van der Waals surface area contributed by atoms with E-state index in [4.69, 9.17) is 0 Å². The third-order valence-electron chi connectivity index (χ3n) is 4.80. The summed E-state index contributed by atoms with van der Waals surface area (Å²) in [4.78, 5) is 14.6. The average molecular weight is 407 g/mol. The molecule has 2 heterocycles. The van der Waals surface area contributed by atoms with E-state index in [1.54, 1.807) is 6.92 Å². The molecule has 5 nitrogen and oxygen atoms in total. The summed E-state index contributed by atoms with van der Waals surface area (Å²) in [6.07, 6.45) is 2.10. The summed E-state index contributed by atoms with van der Waals surface area (Å²) in [5.41, 5.74) is 1.96. The number of ketones is 1. The first-order chi connectivity index (χ1) is 12.9. The van der Waals surface area contributed by atoms with Gasteiger partial charge in [0.2, 0.25) is 10.0 Å². The van der Waals surface area contributed by atoms with Crippen molar-refractivity contribution in [3.05, 3.63) is 57.8 Å². The van der Waals surface area contributed by atoms with Gasteiger partial charge in [0.05, 0.1) is 10.6 Å². The normalized spacial score (nSPS) is 18.5. The molecule has 1 aliphatic rings. The molecule has 1 fully saturated rings. The largest absolute Gasteiger partial charge is 0.299 e. The van der Waals surface area contributed by atoms with Crippen LogP contribution >= 0.6 is 11.3 Å². The Morgan fingerprint density at radius 3 is 2.74 bits per heavy atom. The zero-order chi connectivity index (χ0) is 19.3. The first kappa shape index (κ1) is 20.2. The molecule has 1 atom stereocenters. The molecule has 1 aliphatic heterocycles. The maximum absolute atomic E-state index is 12.3. The van der Waals surface area contributed by atoms with Gasteiger partial charge in [-0.3, -0.25) is 9.69 Å². The number of benzene rings is 1. The molecule has 0 amide bonds. The quantitative estimate of drug-likeness (QED) is 0.683. The highest BCUT2D eigenvalue weighted by Gasteiger charge is 2.22. The lowest BCUT2D eigenvalue weighted by Gasteiger charge is -2.32. The predicted molar refractivity (Wildman–Crippen MR) is 109 cm³/mol. The van der Waals surface area contributed by atoms with E-state index < -0.39 is 10.0 Å². The maximum Gasteiger partial charge on any atom is 0.215 e. The van der Waals surface area contributed by atoms with Gasteiger partial charge in [-0.1, -0.05) is 30.3 Å². The second-order valence-electron chi connectivity index (χ2n) is 7.21. The van der Waals surface area contributed by atoms with Crippen molar-refractivity contribution in [2.24, 2.45) is 5.92 Å². The molecular weight excluding hydrogens is 380 g/mol. The molecule has 7 heteroatoms. The monoisotopic (exact) mass is 406 g/mol. The van der Waals surface area contributed by atoms with Gasteiger partial charge >= 0.3 is 0 Å². The summed E-state index contributed by atoms with van der Waals surface area (Å²) in [7, 11) is -3.32. The van der Waals surface area contributed by atoms with Crippen molar-refractivity contribution in [3.8, 4) is 0 Å². The van der Waals surface area contributed by atoms with Crippen LogP contribution in [0.1, 0.15) is 40.6 Å². The first-order valence-corrected chi connectivity index (χ1v) is 11.8. The Balaban J connectivity index is 1.49. The number of hydrogen-bond donors (Lipinski definition) is 1. The first-order valence-electron chi connectivity index (χ1n) is 9.23. The van der Waals surface area contributed by atoms with Crippen LogP contribution in [0.4, 0.5) is 0 Å². The fraction of sp³-hybridized carbons (Fsp3) is 0.450. The van der Waals surface area contributed by atoms with E-state index in [-0.39, 0.29) is 11.5 Å². The summed E-state index contributed by atoms with van der Waals surface area (Å²) < 4.78 is 27.4. The van der Waals surface area contributed by atoms with Crippen molar-refractivity contribution in [3.63, 3.8) is 0 Å². The molecule has 1 aromatic heterocycles. The van der Waals surface area contributed by atoms with Crippen LogP contribution in [0, 0.1) is 5.92 Å². The average Bonchev–Trinajstić information content (AvgIpc) is 3.10. The SMILES string of the molecule is CC(=O)c1cc(CN2CCC[C@H](CNS(=O)(=O)Cc3ccccc3)C2)cs1. The van der Waals surface area contributed by atoms with Gasteiger partial charge in [0.1, 0.15) is 0 Å². The Labute approximate surface area is 165 Å². The summed E-state index contributed by atoms with van der Waals surface area (Å²) >= 11 is 1.49. The van der Waals surface area contributed by atoms with Crippen molar-refractivity contribution in [1.82, 2.24) is 9.62 Å². The molecule has 0 radical (unpaired) electrons. The van der Waals surface area contributed by atoms with Crippen molar-refractivity contribution < 1.29 is 13.2 Å². The van der Waals surface area contributed by atoms with Gasteiger partial charge in [-0.2, -0.15) is 0 Å². The van der Waals surface area contributed by atoms with Crippen LogP contribution in [0.2, 0.25) is 0 Å². The minimum Gasteiger partial charge on any atom is -0.299 e. The molecule has 0 aliphatic carbocycles. The van der Waals surface area contributed by atoms with Gasteiger partial charge in [0.25, 0.3) is 0 Å². The van der Waals surface area contributed by atoms with E-state index >= 15 is 0 Å². The Kier molecular flexibility index (Phi) is 6.81. The third kappa shape index (κ3) is 6.24. The third-order valence-corrected chi connectivity index (χ3v) is 7.20. The molecule has 0 spiro atoms. The molecule has 1 N–H and O–H groups in total. The summed E-state index contributed by atoms with van der Waals surface area (Å²) in [6, 6.07) is 11.2. The van der Waals surface area contributed by atoms with Gasteiger partial charge in [-0.05, 0) is 54.8 Å². The number of carbonyl (C=O) groups excluding carboxylic acids is 1. The van der Waals surface area contributed by atoms with E-state index in [2.05, 4.69) is 9.62 Å². The number of nitrogens with zero attached hydrogens (tertiary/aromatic N) is 1. The second-order valence-corrected chi connectivity index (χ2v) is 9.93. The number of piperidine rings is 1. The van der Waals surface area contributed by atoms with Crippen LogP contribution in [0.25, 0.3) is 0 Å². The Bertz CT molecular complexity index is 862. The maximum atomic E-state index is 12.3. The number of nitrogens with one attached hydrogen (secondary N) is 1. The van der Waals surface area contributed by atoms with Crippen LogP contribution in [0.5, 0.6) is 0 Å². The highest BCUT2D eigenvalue weighted by molar-refractivity contribution is 7.88. The lowest BCUT2D eigenvalue weighted by atomic mass is 9.98. The molecule has 1 saturated heterocycles. The van der Waals surface area contributed by atoms with Gasteiger partial charge in [-0.15, -0.1) is 11.3 Å². The molecule has 27 heavy (non-hydrogen) atoms. The number of hydrogen-bond acceptors (Lipinski definition) is 5. The topological polar surface area (TPSA) is 66.5 Å². The molecule has 1 aromatic carbocycles. The number of sulfonamides is 1. The zero-order valence-corrected chi connectivity index (χ0v) is 17.2. The zero-order valence-electron chi connectivity index (χ0n) is 15.6. The van der Waals surface area contributed by atoms with Crippen molar-refractivity contribution >= 4 is 27.1 Å². The molecule has 0 saturated carbocycles. The Morgan fingerprint density at radius 1 is 1.26 bits per heavy atom. The van der Waals surface area contributed by atoms with Crippen molar-refractivity contribution in [2.45, 2.75) is 32.1 Å². The number of likely N-dealkylation sites (tertiary alicyclic amines) is 1. The standard InChI is InChI=1S/C20H26N2O3S2/c1-16(23)20-10-19(14-26-20)13-22-9-5-8-18(12-22)11-21-27(24,25)15-17-6-3-2-4-7-17/h2-4,6-7,10,14,18,21H,5,8-9,11-13,15H2,1H3/t18-/m1/s1. The summed E-state index contributed by atoms with van der Waals surface area (Å²) in [6.45, 7) is 4.77. The van der Waals surface area contributed by atoms with E-state index in [1.807, 2.05) is 41.8 Å². The Morgan fingerprint density at radius 2 is 2.04 bits per heavy atom. The van der Waals surface area contributed by atoms with Crippen molar-refractivity contribution in [1.29, 1.82) is 0 Å². The molecule has 2 aromatic rings. The summed E-state index contributed by atoms with van der Waals surface area (Å²) in [5, 5.41) is 2.04. The Hall–Kier alpha value is -1.54. The van der Waals surface area contributed by atoms with E-state index in [9.17, 15) is 13.2 Å². The number of thiophene rings is 1. The number of Topliss-reactive ketones (excluding diaryl/α,β-unsaturated/α-hetero) is 1. The smallest absolute Gasteiger partial charge is 0.215 e. The van der Waals surface area contributed by atoms with Crippen LogP contribution in [-0.2, 0) is 22.3 Å². The molecular formula is C20H26N2O3S2. The molecule has 0 bridgehead atoms. The highest BCUT2D eigenvalue weighted by Crippen LogP contribution is 2.21. The number of carbonyl (C=O) groups is 1. The predicted octanol–water partition coefficient (Wildman–Crippen LogP) is 3.28. The van der Waals surface area contributed by atoms with Gasteiger partial charge in [-0.25, -0.2) is 13.1 Å². The molecule has 146 valence electrons. The van der Waals surface area contributed by atoms with Crippen molar-refractivity contribution in [2.75, 3.05) is 19.6 Å². The molecule has 0 unspecified atom stereocenters. The van der Waals surface area contributed by atoms with Gasteiger partial charge in [0, 0.05) is 19.6 Å². The van der Waals surface area contributed by atoms with E-state index in [1.165, 1.54) is 11.3 Å². The second kappa shape index (κ2) is 9.10. The lowest BCUT2D eigenvalue weighted by Crippen LogP contribution is -2.40. The fourth-order valence-electron chi connectivity index (χ4n) is 3.45. The number of rotatable bonds is 8. The fourth-order valence-corrected chi connectivity index (χ4v) is 5.48. The van der Waals surface area contributed by atoms with Crippen LogP contribution in [0.15, 0.2) is 41.8 Å². The minimum absolute atomic E-state index is 0.0208. The highest BCUT2D eigenvalue weighted by atomic mass is 32.2. The van der Waals surface area contributed by atoms with Crippen LogP contribution in [-0.4, -0.2) is 38.7 Å². The van der Waals surface area contributed by atoms with E-state index in [0.29, 0.717) is 12.5 Å².